The Balaban J connectivity index is 1.75. The highest BCUT2D eigenvalue weighted by molar-refractivity contribution is 5.93. The molecule has 1 amide bonds. The topological polar surface area (TPSA) is 41.6 Å². The molecule has 0 aliphatic carbocycles. The van der Waals surface area contributed by atoms with Crippen molar-refractivity contribution in [1.82, 2.24) is 4.90 Å². The molecule has 3 aromatic rings. The van der Waals surface area contributed by atoms with Crippen molar-refractivity contribution in [2.24, 2.45) is 0 Å². The van der Waals surface area contributed by atoms with Gasteiger partial charge in [0.25, 0.3) is 0 Å². The predicted molar refractivity (Wildman–Crippen MR) is 118 cm³/mol. The molecular weight excluding hydrogens is 360 g/mol. The van der Waals surface area contributed by atoms with Gasteiger partial charge in [-0.1, -0.05) is 79.7 Å². The van der Waals surface area contributed by atoms with E-state index in [2.05, 4.69) is 41.4 Å². The summed E-state index contributed by atoms with van der Waals surface area (Å²) in [7, 11) is 1.98. The van der Waals surface area contributed by atoms with E-state index in [1.54, 1.807) is 0 Å². The SMILES string of the molecule is CCCOc1ccccc1NC(=O)CN(C)C(c1ccccc1)c1ccccc1. The second kappa shape index (κ2) is 10.4. The second-order valence-electron chi connectivity index (χ2n) is 7.03. The van der Waals surface area contributed by atoms with Crippen LogP contribution in [0, 0.1) is 0 Å². The Hall–Kier alpha value is -3.11. The summed E-state index contributed by atoms with van der Waals surface area (Å²) in [4.78, 5) is 14.9. The number of likely N-dealkylation sites (N-methyl/N-ethyl adjacent to an activating group) is 1. The molecule has 0 aromatic heterocycles. The number of hydrogen-bond donors (Lipinski definition) is 1. The van der Waals surface area contributed by atoms with Crippen molar-refractivity contribution in [3.05, 3.63) is 96.1 Å². The second-order valence-corrected chi connectivity index (χ2v) is 7.03. The van der Waals surface area contributed by atoms with Crippen LogP contribution in [0.4, 0.5) is 5.69 Å². The van der Waals surface area contributed by atoms with Crippen molar-refractivity contribution >= 4 is 11.6 Å². The number of nitrogens with zero attached hydrogens (tertiary/aromatic N) is 1. The molecule has 3 aromatic carbocycles. The summed E-state index contributed by atoms with van der Waals surface area (Å²) in [6, 6.07) is 28.1. The van der Waals surface area contributed by atoms with E-state index in [0.717, 1.165) is 17.5 Å². The average molecular weight is 389 g/mol. The van der Waals surface area contributed by atoms with Crippen molar-refractivity contribution in [2.75, 3.05) is 25.5 Å². The van der Waals surface area contributed by atoms with Crippen LogP contribution in [0.5, 0.6) is 5.75 Å². The quantitative estimate of drug-likeness (QED) is 0.552. The third-order valence-electron chi connectivity index (χ3n) is 4.69. The summed E-state index contributed by atoms with van der Waals surface area (Å²) in [5.74, 6) is 0.630. The Labute approximate surface area is 173 Å². The molecule has 4 nitrogen and oxygen atoms in total. The van der Waals surface area contributed by atoms with Crippen LogP contribution in [-0.4, -0.2) is 31.0 Å². The maximum atomic E-state index is 12.8. The molecule has 0 radical (unpaired) electrons. The van der Waals surface area contributed by atoms with E-state index in [4.69, 9.17) is 4.74 Å². The number of nitrogens with one attached hydrogen (secondary N) is 1. The van der Waals surface area contributed by atoms with E-state index in [1.165, 1.54) is 0 Å². The van der Waals surface area contributed by atoms with Crippen LogP contribution in [0.15, 0.2) is 84.9 Å². The van der Waals surface area contributed by atoms with Crippen LogP contribution in [0.3, 0.4) is 0 Å². The molecule has 0 heterocycles. The third-order valence-corrected chi connectivity index (χ3v) is 4.69. The first-order valence-electron chi connectivity index (χ1n) is 10.0. The van der Waals surface area contributed by atoms with E-state index in [0.29, 0.717) is 18.0 Å². The molecule has 0 saturated heterocycles. The van der Waals surface area contributed by atoms with Crippen LogP contribution in [0.2, 0.25) is 0 Å². The van der Waals surface area contributed by atoms with Gasteiger partial charge in [0, 0.05) is 0 Å². The minimum absolute atomic E-state index is 0.00487. The summed E-state index contributed by atoms with van der Waals surface area (Å²) in [5, 5.41) is 3.00. The minimum atomic E-state index is -0.0723. The molecule has 150 valence electrons. The molecule has 4 heteroatoms. The molecular formula is C25H28N2O2. The molecule has 0 aliphatic heterocycles. The summed E-state index contributed by atoms with van der Waals surface area (Å²) >= 11 is 0. The Morgan fingerprint density at radius 1 is 0.897 bits per heavy atom. The van der Waals surface area contributed by atoms with Gasteiger partial charge in [0.05, 0.1) is 24.9 Å². The standard InChI is InChI=1S/C25H28N2O2/c1-3-18-29-23-17-11-10-16-22(23)26-24(28)19-27(2)25(20-12-6-4-7-13-20)21-14-8-5-9-15-21/h4-17,25H,3,18-19H2,1-2H3,(H,26,28). The fraction of sp³-hybridized carbons (Fsp3) is 0.240. The Bertz CT molecular complexity index is 857. The molecule has 29 heavy (non-hydrogen) atoms. The molecule has 0 spiro atoms. The van der Waals surface area contributed by atoms with E-state index in [1.807, 2.05) is 67.7 Å². The highest BCUT2D eigenvalue weighted by Crippen LogP contribution is 2.28. The lowest BCUT2D eigenvalue weighted by molar-refractivity contribution is -0.117. The number of rotatable bonds is 9. The Kier molecular flexibility index (Phi) is 7.42. The zero-order chi connectivity index (χ0) is 20.5. The van der Waals surface area contributed by atoms with Gasteiger partial charge in [-0.25, -0.2) is 0 Å². The van der Waals surface area contributed by atoms with Gasteiger partial charge in [-0.2, -0.15) is 0 Å². The Morgan fingerprint density at radius 2 is 1.45 bits per heavy atom. The monoisotopic (exact) mass is 388 g/mol. The maximum Gasteiger partial charge on any atom is 0.238 e. The fourth-order valence-corrected chi connectivity index (χ4v) is 3.39. The van der Waals surface area contributed by atoms with E-state index in [9.17, 15) is 4.79 Å². The van der Waals surface area contributed by atoms with Crippen LogP contribution < -0.4 is 10.1 Å². The van der Waals surface area contributed by atoms with Gasteiger partial charge in [-0.15, -0.1) is 0 Å². The molecule has 0 atom stereocenters. The van der Waals surface area contributed by atoms with Gasteiger partial charge in [0.15, 0.2) is 0 Å². The van der Waals surface area contributed by atoms with Gasteiger partial charge >= 0.3 is 0 Å². The van der Waals surface area contributed by atoms with Crippen molar-refractivity contribution in [2.45, 2.75) is 19.4 Å². The number of benzene rings is 3. The van der Waals surface area contributed by atoms with Gasteiger partial charge in [-0.05, 0) is 36.7 Å². The van der Waals surface area contributed by atoms with Gasteiger partial charge in [0.1, 0.15) is 5.75 Å². The largest absolute Gasteiger partial charge is 0.491 e. The lowest BCUT2D eigenvalue weighted by atomic mass is 9.97. The summed E-state index contributed by atoms with van der Waals surface area (Å²) in [6.45, 7) is 2.94. The fourth-order valence-electron chi connectivity index (χ4n) is 3.39. The number of amides is 1. The highest BCUT2D eigenvalue weighted by atomic mass is 16.5. The molecule has 3 rings (SSSR count). The van der Waals surface area contributed by atoms with E-state index < -0.39 is 0 Å². The van der Waals surface area contributed by atoms with Crippen molar-refractivity contribution < 1.29 is 9.53 Å². The van der Waals surface area contributed by atoms with Gasteiger partial charge in [-0.3, -0.25) is 9.69 Å². The third kappa shape index (κ3) is 5.69. The van der Waals surface area contributed by atoms with Crippen LogP contribution in [-0.2, 0) is 4.79 Å². The first kappa shape index (κ1) is 20.6. The van der Waals surface area contributed by atoms with Crippen molar-refractivity contribution in [3.8, 4) is 5.75 Å². The predicted octanol–water partition coefficient (Wildman–Crippen LogP) is 5.14. The van der Waals surface area contributed by atoms with Crippen molar-refractivity contribution in [3.63, 3.8) is 0 Å². The van der Waals surface area contributed by atoms with Crippen LogP contribution in [0.25, 0.3) is 0 Å². The normalized spacial score (nSPS) is 10.9. The zero-order valence-electron chi connectivity index (χ0n) is 17.0. The number of hydrogen-bond acceptors (Lipinski definition) is 3. The smallest absolute Gasteiger partial charge is 0.238 e. The minimum Gasteiger partial charge on any atom is -0.491 e. The maximum absolute atomic E-state index is 12.8. The van der Waals surface area contributed by atoms with Gasteiger partial charge in [0.2, 0.25) is 5.91 Å². The molecule has 0 unspecified atom stereocenters. The lowest BCUT2D eigenvalue weighted by Crippen LogP contribution is -2.34. The number of para-hydroxylation sites is 2. The molecule has 0 aliphatic rings. The molecule has 0 bridgehead atoms. The number of carbonyl (C=O) groups is 1. The van der Waals surface area contributed by atoms with Crippen molar-refractivity contribution in [1.29, 1.82) is 0 Å². The van der Waals surface area contributed by atoms with E-state index >= 15 is 0 Å². The first-order chi connectivity index (χ1) is 14.2. The number of carbonyl (C=O) groups excluding carboxylic acids is 1. The summed E-state index contributed by atoms with van der Waals surface area (Å²) < 4.78 is 5.75. The molecule has 0 fully saturated rings. The van der Waals surface area contributed by atoms with E-state index in [-0.39, 0.29) is 18.5 Å². The van der Waals surface area contributed by atoms with Crippen LogP contribution >= 0.6 is 0 Å². The van der Waals surface area contributed by atoms with Gasteiger partial charge < -0.3 is 10.1 Å². The number of anilines is 1. The number of ether oxygens (including phenoxy) is 1. The lowest BCUT2D eigenvalue weighted by Gasteiger charge is -2.28. The van der Waals surface area contributed by atoms with Crippen LogP contribution in [0.1, 0.15) is 30.5 Å². The Morgan fingerprint density at radius 3 is 2.03 bits per heavy atom. The average Bonchev–Trinajstić information content (AvgIpc) is 2.75. The molecule has 1 N–H and O–H groups in total. The zero-order valence-corrected chi connectivity index (χ0v) is 17.0. The summed E-state index contributed by atoms with van der Waals surface area (Å²) in [6.07, 6.45) is 0.918. The highest BCUT2D eigenvalue weighted by Gasteiger charge is 2.21. The summed E-state index contributed by atoms with van der Waals surface area (Å²) in [5.41, 5.74) is 3.01. The molecule has 0 saturated carbocycles. The first-order valence-corrected chi connectivity index (χ1v) is 10.0.